The van der Waals surface area contributed by atoms with Gasteiger partial charge in [0.2, 0.25) is 0 Å². The van der Waals surface area contributed by atoms with Crippen LogP contribution in [-0.2, 0) is 18.3 Å². The highest BCUT2D eigenvalue weighted by Crippen LogP contribution is 2.27. The summed E-state index contributed by atoms with van der Waals surface area (Å²) in [4.78, 5) is 16.4. The standard InChI is InChI=1S/C13H17N3O3/c1-4-19-13(17)11-9-5-8(18-3)7-15-12(9)16(2)10(11)6-14/h5,7H,4,6,14H2,1-3H3. The number of pyridine rings is 1. The smallest absolute Gasteiger partial charge is 0.340 e. The van der Waals surface area contributed by atoms with Gasteiger partial charge >= 0.3 is 5.97 Å². The molecule has 0 saturated heterocycles. The number of hydrogen-bond acceptors (Lipinski definition) is 5. The Morgan fingerprint density at radius 1 is 1.53 bits per heavy atom. The van der Waals surface area contributed by atoms with Crippen molar-refractivity contribution in [2.24, 2.45) is 12.8 Å². The average Bonchev–Trinajstić information content (AvgIpc) is 2.71. The van der Waals surface area contributed by atoms with Crippen LogP contribution < -0.4 is 10.5 Å². The summed E-state index contributed by atoms with van der Waals surface area (Å²) in [5, 5.41) is 0.695. The van der Waals surface area contributed by atoms with E-state index in [-0.39, 0.29) is 12.5 Å². The summed E-state index contributed by atoms with van der Waals surface area (Å²) < 4.78 is 12.0. The fourth-order valence-corrected chi connectivity index (χ4v) is 2.12. The quantitative estimate of drug-likeness (QED) is 0.839. The van der Waals surface area contributed by atoms with Crippen molar-refractivity contribution in [3.63, 3.8) is 0 Å². The normalized spacial score (nSPS) is 10.7. The summed E-state index contributed by atoms with van der Waals surface area (Å²) in [6, 6.07) is 1.77. The molecule has 2 heterocycles. The van der Waals surface area contributed by atoms with E-state index in [4.69, 9.17) is 15.2 Å². The molecule has 2 rings (SSSR count). The molecule has 0 spiro atoms. The van der Waals surface area contributed by atoms with Crippen LogP contribution in [0.25, 0.3) is 11.0 Å². The number of aryl methyl sites for hydroxylation is 1. The Labute approximate surface area is 111 Å². The highest BCUT2D eigenvalue weighted by Gasteiger charge is 2.22. The van der Waals surface area contributed by atoms with E-state index in [0.717, 1.165) is 0 Å². The van der Waals surface area contributed by atoms with Crippen molar-refractivity contribution in [2.45, 2.75) is 13.5 Å². The molecule has 6 heteroatoms. The minimum absolute atomic E-state index is 0.239. The average molecular weight is 263 g/mol. The molecular formula is C13H17N3O3. The first-order valence-corrected chi connectivity index (χ1v) is 6.02. The molecule has 102 valence electrons. The Hall–Kier alpha value is -2.08. The fraction of sp³-hybridized carbons (Fsp3) is 0.385. The number of hydrogen-bond donors (Lipinski definition) is 1. The molecule has 19 heavy (non-hydrogen) atoms. The Morgan fingerprint density at radius 2 is 2.26 bits per heavy atom. The van der Waals surface area contributed by atoms with Gasteiger partial charge in [0.05, 0.1) is 25.5 Å². The lowest BCUT2D eigenvalue weighted by atomic mass is 10.1. The third kappa shape index (κ3) is 2.15. The highest BCUT2D eigenvalue weighted by atomic mass is 16.5. The summed E-state index contributed by atoms with van der Waals surface area (Å²) >= 11 is 0. The molecule has 0 aliphatic carbocycles. The van der Waals surface area contributed by atoms with Crippen LogP contribution in [0.4, 0.5) is 0 Å². The predicted octanol–water partition coefficient (Wildman–Crippen LogP) is 1.22. The third-order valence-electron chi connectivity index (χ3n) is 3.03. The molecule has 0 aliphatic heterocycles. The van der Waals surface area contributed by atoms with E-state index in [2.05, 4.69) is 4.98 Å². The molecule has 0 saturated carbocycles. The van der Waals surface area contributed by atoms with Crippen molar-refractivity contribution in [3.8, 4) is 5.75 Å². The van der Waals surface area contributed by atoms with Crippen LogP contribution in [0, 0.1) is 0 Å². The number of aromatic nitrogens is 2. The van der Waals surface area contributed by atoms with Crippen LogP contribution in [0.5, 0.6) is 5.75 Å². The first-order chi connectivity index (χ1) is 9.13. The highest BCUT2D eigenvalue weighted by molar-refractivity contribution is 6.05. The minimum atomic E-state index is -0.386. The molecule has 2 aromatic heterocycles. The molecule has 0 aliphatic rings. The van der Waals surface area contributed by atoms with Gasteiger partial charge in [0.1, 0.15) is 11.4 Å². The van der Waals surface area contributed by atoms with Gasteiger partial charge in [-0.15, -0.1) is 0 Å². The molecule has 2 aromatic rings. The lowest BCUT2D eigenvalue weighted by Gasteiger charge is -2.04. The molecular weight excluding hydrogens is 246 g/mol. The van der Waals surface area contributed by atoms with E-state index >= 15 is 0 Å². The number of methoxy groups -OCH3 is 1. The maximum atomic E-state index is 12.1. The van der Waals surface area contributed by atoms with E-state index in [1.165, 1.54) is 0 Å². The largest absolute Gasteiger partial charge is 0.495 e. The Kier molecular flexibility index (Phi) is 3.71. The van der Waals surface area contributed by atoms with E-state index in [1.54, 1.807) is 30.9 Å². The Morgan fingerprint density at radius 3 is 2.84 bits per heavy atom. The van der Waals surface area contributed by atoms with Gasteiger partial charge in [0.25, 0.3) is 0 Å². The summed E-state index contributed by atoms with van der Waals surface area (Å²) in [7, 11) is 3.38. The van der Waals surface area contributed by atoms with Gasteiger partial charge in [0.15, 0.2) is 0 Å². The number of carbonyl (C=O) groups excluding carboxylic acids is 1. The Bertz CT molecular complexity index is 619. The summed E-state index contributed by atoms with van der Waals surface area (Å²) in [5.74, 6) is 0.204. The van der Waals surface area contributed by atoms with Crippen LogP contribution in [0.1, 0.15) is 23.0 Å². The van der Waals surface area contributed by atoms with Gasteiger partial charge in [-0.25, -0.2) is 9.78 Å². The fourth-order valence-electron chi connectivity index (χ4n) is 2.12. The molecule has 2 N–H and O–H groups in total. The number of carbonyl (C=O) groups is 1. The summed E-state index contributed by atoms with van der Waals surface area (Å²) in [6.45, 7) is 2.32. The second kappa shape index (κ2) is 5.27. The third-order valence-corrected chi connectivity index (χ3v) is 3.03. The Balaban J connectivity index is 2.73. The second-order valence-electron chi connectivity index (χ2n) is 4.05. The van der Waals surface area contributed by atoms with Crippen LogP contribution in [0.2, 0.25) is 0 Å². The first kappa shape index (κ1) is 13.4. The molecule has 0 aromatic carbocycles. The zero-order valence-corrected chi connectivity index (χ0v) is 11.3. The summed E-state index contributed by atoms with van der Waals surface area (Å²) in [5.41, 5.74) is 7.59. The van der Waals surface area contributed by atoms with Gasteiger partial charge < -0.3 is 19.8 Å². The van der Waals surface area contributed by atoms with Crippen molar-refractivity contribution in [1.82, 2.24) is 9.55 Å². The number of nitrogens with zero attached hydrogens (tertiary/aromatic N) is 2. The summed E-state index contributed by atoms with van der Waals surface area (Å²) in [6.07, 6.45) is 1.61. The van der Waals surface area contributed by atoms with Gasteiger partial charge in [0, 0.05) is 24.7 Å². The zero-order chi connectivity index (χ0) is 14.0. The predicted molar refractivity (Wildman–Crippen MR) is 71.1 cm³/mol. The van der Waals surface area contributed by atoms with Crippen LogP contribution in [-0.4, -0.2) is 29.2 Å². The monoisotopic (exact) mass is 263 g/mol. The number of esters is 1. The van der Waals surface area contributed by atoms with Crippen LogP contribution >= 0.6 is 0 Å². The van der Waals surface area contributed by atoms with Gasteiger partial charge in [-0.3, -0.25) is 0 Å². The number of fused-ring (bicyclic) bond motifs is 1. The SMILES string of the molecule is CCOC(=O)c1c(CN)n(C)c2ncc(OC)cc12. The minimum Gasteiger partial charge on any atom is -0.495 e. The maximum Gasteiger partial charge on any atom is 0.340 e. The van der Waals surface area contributed by atoms with Crippen molar-refractivity contribution in [1.29, 1.82) is 0 Å². The van der Waals surface area contributed by atoms with Gasteiger partial charge in [-0.05, 0) is 13.0 Å². The molecule has 0 fully saturated rings. The molecule has 0 bridgehead atoms. The van der Waals surface area contributed by atoms with Crippen molar-refractivity contribution >= 4 is 17.0 Å². The molecule has 0 radical (unpaired) electrons. The first-order valence-electron chi connectivity index (χ1n) is 6.02. The van der Waals surface area contributed by atoms with Gasteiger partial charge in [-0.1, -0.05) is 0 Å². The number of ether oxygens (including phenoxy) is 2. The van der Waals surface area contributed by atoms with E-state index in [9.17, 15) is 4.79 Å². The van der Waals surface area contributed by atoms with Crippen LogP contribution in [0.3, 0.4) is 0 Å². The number of rotatable bonds is 4. The van der Waals surface area contributed by atoms with Crippen molar-refractivity contribution < 1.29 is 14.3 Å². The van der Waals surface area contributed by atoms with E-state index in [0.29, 0.717) is 34.6 Å². The van der Waals surface area contributed by atoms with Crippen molar-refractivity contribution in [2.75, 3.05) is 13.7 Å². The van der Waals surface area contributed by atoms with Crippen molar-refractivity contribution in [3.05, 3.63) is 23.5 Å². The maximum absolute atomic E-state index is 12.1. The molecule has 6 nitrogen and oxygen atoms in total. The number of nitrogens with two attached hydrogens (primary N) is 1. The van der Waals surface area contributed by atoms with Crippen LogP contribution in [0.15, 0.2) is 12.3 Å². The molecule has 0 unspecified atom stereocenters. The lowest BCUT2D eigenvalue weighted by Crippen LogP contribution is -2.12. The molecule has 0 amide bonds. The zero-order valence-electron chi connectivity index (χ0n) is 11.3. The topological polar surface area (TPSA) is 79.4 Å². The lowest BCUT2D eigenvalue weighted by molar-refractivity contribution is 0.0527. The van der Waals surface area contributed by atoms with E-state index in [1.807, 2.05) is 7.05 Å². The molecule has 0 atom stereocenters. The second-order valence-corrected chi connectivity index (χ2v) is 4.05. The van der Waals surface area contributed by atoms with E-state index < -0.39 is 0 Å². The van der Waals surface area contributed by atoms with Gasteiger partial charge in [-0.2, -0.15) is 0 Å².